The van der Waals surface area contributed by atoms with Crippen LogP contribution in [-0.2, 0) is 11.2 Å². The van der Waals surface area contributed by atoms with Crippen molar-refractivity contribution in [2.24, 2.45) is 0 Å². The SMILES string of the molecule is Cc1cc(CC(=O)O)c2nc(C)cc(N(C)C)c2c1. The van der Waals surface area contributed by atoms with E-state index in [2.05, 4.69) is 11.1 Å². The van der Waals surface area contributed by atoms with Crippen LogP contribution in [0.25, 0.3) is 10.9 Å². The Morgan fingerprint density at radius 3 is 2.53 bits per heavy atom. The third-order valence-corrected chi connectivity index (χ3v) is 3.07. The topological polar surface area (TPSA) is 53.4 Å². The van der Waals surface area contributed by atoms with Crippen LogP contribution in [0.4, 0.5) is 5.69 Å². The fourth-order valence-electron chi connectivity index (χ4n) is 2.33. The van der Waals surface area contributed by atoms with Crippen molar-refractivity contribution < 1.29 is 9.90 Å². The summed E-state index contributed by atoms with van der Waals surface area (Å²) in [6.45, 7) is 3.90. The number of carboxylic acids is 1. The number of hydrogen-bond acceptors (Lipinski definition) is 3. The molecule has 0 atom stereocenters. The molecule has 0 radical (unpaired) electrons. The number of aryl methyl sites for hydroxylation is 2. The highest BCUT2D eigenvalue weighted by atomic mass is 16.4. The Balaban J connectivity index is 2.80. The molecule has 0 bridgehead atoms. The highest BCUT2D eigenvalue weighted by Crippen LogP contribution is 2.29. The molecule has 4 heteroatoms. The van der Waals surface area contributed by atoms with Crippen LogP contribution in [0.1, 0.15) is 16.8 Å². The number of anilines is 1. The van der Waals surface area contributed by atoms with Gasteiger partial charge in [0.2, 0.25) is 0 Å². The molecular weight excluding hydrogens is 240 g/mol. The Morgan fingerprint density at radius 2 is 1.95 bits per heavy atom. The molecule has 1 heterocycles. The first-order valence-corrected chi connectivity index (χ1v) is 6.18. The zero-order valence-electron chi connectivity index (χ0n) is 11.7. The van der Waals surface area contributed by atoms with E-state index in [0.717, 1.165) is 33.4 Å². The monoisotopic (exact) mass is 258 g/mol. The summed E-state index contributed by atoms with van der Waals surface area (Å²) in [5, 5.41) is 10.0. The molecular formula is C15H18N2O2. The van der Waals surface area contributed by atoms with Crippen molar-refractivity contribution in [1.29, 1.82) is 0 Å². The summed E-state index contributed by atoms with van der Waals surface area (Å²) in [5.41, 5.74) is 4.58. The smallest absolute Gasteiger partial charge is 0.307 e. The average Bonchev–Trinajstić information content (AvgIpc) is 2.28. The number of aliphatic carboxylic acids is 1. The maximum absolute atomic E-state index is 11.0. The molecule has 2 aromatic rings. The summed E-state index contributed by atoms with van der Waals surface area (Å²) in [6.07, 6.45) is 0.00149. The summed E-state index contributed by atoms with van der Waals surface area (Å²) in [7, 11) is 3.96. The van der Waals surface area contributed by atoms with Crippen molar-refractivity contribution in [3.63, 3.8) is 0 Å². The first-order chi connectivity index (χ1) is 8.88. The van der Waals surface area contributed by atoms with E-state index in [-0.39, 0.29) is 6.42 Å². The number of fused-ring (bicyclic) bond motifs is 1. The van der Waals surface area contributed by atoms with Crippen LogP contribution in [0.15, 0.2) is 18.2 Å². The lowest BCUT2D eigenvalue weighted by Crippen LogP contribution is -2.11. The van der Waals surface area contributed by atoms with Gasteiger partial charge in [-0.15, -0.1) is 0 Å². The van der Waals surface area contributed by atoms with Gasteiger partial charge in [0.15, 0.2) is 0 Å². The Kier molecular flexibility index (Phi) is 3.42. The normalized spacial score (nSPS) is 10.7. The lowest BCUT2D eigenvalue weighted by Gasteiger charge is -2.18. The van der Waals surface area contributed by atoms with Crippen LogP contribution in [0.2, 0.25) is 0 Å². The number of hydrogen-bond donors (Lipinski definition) is 1. The van der Waals surface area contributed by atoms with Gasteiger partial charge in [-0.25, -0.2) is 0 Å². The Morgan fingerprint density at radius 1 is 1.26 bits per heavy atom. The molecule has 1 aromatic carbocycles. The van der Waals surface area contributed by atoms with Crippen LogP contribution in [0.5, 0.6) is 0 Å². The second-order valence-electron chi connectivity index (χ2n) is 5.07. The van der Waals surface area contributed by atoms with Crippen molar-refractivity contribution >= 4 is 22.6 Å². The average molecular weight is 258 g/mol. The van der Waals surface area contributed by atoms with Crippen molar-refractivity contribution in [1.82, 2.24) is 4.98 Å². The van der Waals surface area contributed by atoms with E-state index in [1.54, 1.807) is 0 Å². The Labute approximate surface area is 112 Å². The van der Waals surface area contributed by atoms with E-state index >= 15 is 0 Å². The minimum Gasteiger partial charge on any atom is -0.481 e. The highest BCUT2D eigenvalue weighted by Gasteiger charge is 2.12. The number of rotatable bonds is 3. The molecule has 0 aliphatic heterocycles. The van der Waals surface area contributed by atoms with Gasteiger partial charge in [0.25, 0.3) is 0 Å². The molecule has 1 aromatic heterocycles. The maximum Gasteiger partial charge on any atom is 0.307 e. The summed E-state index contributed by atoms with van der Waals surface area (Å²) in [6, 6.07) is 5.98. The molecule has 0 fully saturated rings. The Bertz CT molecular complexity index is 648. The molecule has 100 valence electrons. The zero-order valence-corrected chi connectivity index (χ0v) is 11.7. The predicted octanol–water partition coefficient (Wildman–Crippen LogP) is 2.54. The number of carbonyl (C=O) groups is 1. The molecule has 2 rings (SSSR count). The van der Waals surface area contributed by atoms with E-state index in [9.17, 15) is 4.79 Å². The van der Waals surface area contributed by atoms with Gasteiger partial charge in [0.1, 0.15) is 0 Å². The quantitative estimate of drug-likeness (QED) is 0.919. The third-order valence-electron chi connectivity index (χ3n) is 3.07. The van der Waals surface area contributed by atoms with Crippen LogP contribution in [0.3, 0.4) is 0 Å². The second kappa shape index (κ2) is 4.88. The van der Waals surface area contributed by atoms with Gasteiger partial charge in [-0.2, -0.15) is 0 Å². The summed E-state index contributed by atoms with van der Waals surface area (Å²) < 4.78 is 0. The molecule has 0 aliphatic carbocycles. The fourth-order valence-corrected chi connectivity index (χ4v) is 2.33. The number of aromatic nitrogens is 1. The fraction of sp³-hybridized carbons (Fsp3) is 0.333. The highest BCUT2D eigenvalue weighted by molar-refractivity contribution is 5.95. The lowest BCUT2D eigenvalue weighted by atomic mass is 10.0. The number of carboxylic acid groups (broad SMARTS) is 1. The molecule has 0 unspecified atom stereocenters. The molecule has 19 heavy (non-hydrogen) atoms. The standard InChI is InChI=1S/C15H18N2O2/c1-9-5-11(8-14(18)19)15-12(6-9)13(17(3)4)7-10(2)16-15/h5-7H,8H2,1-4H3,(H,18,19). The summed E-state index contributed by atoms with van der Waals surface area (Å²) >= 11 is 0. The van der Waals surface area contributed by atoms with Gasteiger partial charge in [0, 0.05) is 30.9 Å². The van der Waals surface area contributed by atoms with E-state index in [4.69, 9.17) is 5.11 Å². The largest absolute Gasteiger partial charge is 0.481 e. The van der Waals surface area contributed by atoms with Gasteiger partial charge < -0.3 is 10.0 Å². The van der Waals surface area contributed by atoms with Crippen LogP contribution in [0, 0.1) is 13.8 Å². The zero-order chi connectivity index (χ0) is 14.2. The van der Waals surface area contributed by atoms with E-state index in [1.807, 2.05) is 45.0 Å². The summed E-state index contributed by atoms with van der Waals surface area (Å²) in [4.78, 5) is 17.5. The number of pyridine rings is 1. The second-order valence-corrected chi connectivity index (χ2v) is 5.07. The molecule has 4 nitrogen and oxygen atoms in total. The first-order valence-electron chi connectivity index (χ1n) is 6.18. The van der Waals surface area contributed by atoms with E-state index < -0.39 is 5.97 Å². The molecule has 0 aliphatic rings. The van der Waals surface area contributed by atoms with Gasteiger partial charge in [0.05, 0.1) is 11.9 Å². The van der Waals surface area contributed by atoms with Crippen molar-refractivity contribution in [3.8, 4) is 0 Å². The first kappa shape index (κ1) is 13.3. The molecule has 0 saturated heterocycles. The predicted molar refractivity (Wildman–Crippen MR) is 76.9 cm³/mol. The maximum atomic E-state index is 11.0. The van der Waals surface area contributed by atoms with Crippen molar-refractivity contribution in [3.05, 3.63) is 35.0 Å². The van der Waals surface area contributed by atoms with Crippen molar-refractivity contribution in [2.45, 2.75) is 20.3 Å². The molecule has 0 amide bonds. The van der Waals surface area contributed by atoms with Gasteiger partial charge >= 0.3 is 5.97 Å². The summed E-state index contributed by atoms with van der Waals surface area (Å²) in [5.74, 6) is -0.832. The third kappa shape index (κ3) is 2.67. The molecule has 0 spiro atoms. The van der Waals surface area contributed by atoms with Crippen molar-refractivity contribution in [2.75, 3.05) is 19.0 Å². The van der Waals surface area contributed by atoms with Crippen LogP contribution >= 0.6 is 0 Å². The van der Waals surface area contributed by atoms with E-state index in [1.165, 1.54) is 0 Å². The van der Waals surface area contributed by atoms with E-state index in [0.29, 0.717) is 0 Å². The number of nitrogens with zero attached hydrogens (tertiary/aromatic N) is 2. The number of benzene rings is 1. The Hall–Kier alpha value is -2.10. The van der Waals surface area contributed by atoms with Gasteiger partial charge in [-0.3, -0.25) is 9.78 Å². The molecule has 1 N–H and O–H groups in total. The minimum absolute atomic E-state index is 0.00149. The van der Waals surface area contributed by atoms with Crippen LogP contribution < -0.4 is 4.90 Å². The van der Waals surface area contributed by atoms with Gasteiger partial charge in [-0.05, 0) is 31.5 Å². The molecule has 0 saturated carbocycles. The minimum atomic E-state index is -0.832. The lowest BCUT2D eigenvalue weighted by molar-refractivity contribution is -0.136. The van der Waals surface area contributed by atoms with Crippen LogP contribution in [-0.4, -0.2) is 30.2 Å². The van der Waals surface area contributed by atoms with Gasteiger partial charge in [-0.1, -0.05) is 11.6 Å².